The Kier molecular flexibility index (Phi) is 7.03. The van der Waals surface area contributed by atoms with E-state index in [-0.39, 0.29) is 30.3 Å². The molecule has 0 fully saturated rings. The van der Waals surface area contributed by atoms with Crippen LogP contribution in [0.15, 0.2) is 35.7 Å². The molecular weight excluding hydrogens is 352 g/mol. The third-order valence-electron chi connectivity index (χ3n) is 3.93. The van der Waals surface area contributed by atoms with Gasteiger partial charge in [-0.2, -0.15) is 0 Å². The molecule has 7 heteroatoms. The highest BCUT2D eigenvalue weighted by atomic mass is 32.1. The number of carbonyl (C=O) groups excluding carboxylic acids is 2. The SMILES string of the molecule is COc1ccc(OC)c([C@@H](C)NC(=O)C[C@H](NC(C)=O)c2cccs2)c1. The molecule has 2 atom stereocenters. The summed E-state index contributed by atoms with van der Waals surface area (Å²) in [6.45, 7) is 3.33. The van der Waals surface area contributed by atoms with Gasteiger partial charge in [0, 0.05) is 17.4 Å². The molecule has 1 aromatic heterocycles. The van der Waals surface area contributed by atoms with E-state index < -0.39 is 0 Å². The number of thiophene rings is 1. The Labute approximate surface area is 157 Å². The van der Waals surface area contributed by atoms with E-state index in [0.717, 1.165) is 10.4 Å². The standard InChI is InChI=1S/C19H24N2O4S/c1-12(15-10-14(24-3)7-8-17(15)25-4)20-19(23)11-16(21-13(2)22)18-6-5-9-26-18/h5-10,12,16H,11H2,1-4H3,(H,20,23)(H,21,22)/t12-,16+/m1/s1. The fourth-order valence-corrected chi connectivity index (χ4v) is 3.48. The molecule has 26 heavy (non-hydrogen) atoms. The summed E-state index contributed by atoms with van der Waals surface area (Å²) in [4.78, 5) is 24.9. The molecule has 2 aromatic rings. The van der Waals surface area contributed by atoms with E-state index in [1.165, 1.54) is 18.3 Å². The van der Waals surface area contributed by atoms with Crippen molar-refractivity contribution in [2.45, 2.75) is 32.4 Å². The molecule has 1 heterocycles. The molecule has 140 valence electrons. The van der Waals surface area contributed by atoms with Gasteiger partial charge in [0.25, 0.3) is 0 Å². The Morgan fingerprint density at radius 3 is 2.50 bits per heavy atom. The lowest BCUT2D eigenvalue weighted by molar-refractivity contribution is -0.123. The van der Waals surface area contributed by atoms with E-state index in [9.17, 15) is 9.59 Å². The Hall–Kier alpha value is -2.54. The van der Waals surface area contributed by atoms with Gasteiger partial charge in [0.2, 0.25) is 11.8 Å². The normalized spacial score (nSPS) is 12.8. The molecule has 0 saturated carbocycles. The quantitative estimate of drug-likeness (QED) is 0.742. The highest BCUT2D eigenvalue weighted by Crippen LogP contribution is 2.29. The van der Waals surface area contributed by atoms with Crippen molar-refractivity contribution in [2.24, 2.45) is 0 Å². The molecule has 2 amide bonds. The monoisotopic (exact) mass is 376 g/mol. The van der Waals surface area contributed by atoms with Crippen molar-refractivity contribution in [2.75, 3.05) is 14.2 Å². The van der Waals surface area contributed by atoms with E-state index in [2.05, 4.69) is 10.6 Å². The van der Waals surface area contributed by atoms with Crippen molar-refractivity contribution >= 4 is 23.2 Å². The van der Waals surface area contributed by atoms with Gasteiger partial charge in [0.1, 0.15) is 11.5 Å². The summed E-state index contributed by atoms with van der Waals surface area (Å²) in [5.41, 5.74) is 0.826. The minimum Gasteiger partial charge on any atom is -0.497 e. The smallest absolute Gasteiger partial charge is 0.222 e. The van der Waals surface area contributed by atoms with Crippen LogP contribution in [0.2, 0.25) is 0 Å². The second-order valence-corrected chi connectivity index (χ2v) is 6.85. The zero-order valence-corrected chi connectivity index (χ0v) is 16.2. The van der Waals surface area contributed by atoms with E-state index in [4.69, 9.17) is 9.47 Å². The zero-order chi connectivity index (χ0) is 19.1. The van der Waals surface area contributed by atoms with Crippen LogP contribution in [0.4, 0.5) is 0 Å². The van der Waals surface area contributed by atoms with Crippen molar-refractivity contribution in [3.63, 3.8) is 0 Å². The average molecular weight is 376 g/mol. The van der Waals surface area contributed by atoms with Crippen LogP contribution in [0.3, 0.4) is 0 Å². The third-order valence-corrected chi connectivity index (χ3v) is 4.92. The Morgan fingerprint density at radius 2 is 1.92 bits per heavy atom. The highest BCUT2D eigenvalue weighted by molar-refractivity contribution is 7.10. The Morgan fingerprint density at radius 1 is 1.15 bits per heavy atom. The predicted octanol–water partition coefficient (Wildman–Crippen LogP) is 3.21. The predicted molar refractivity (Wildman–Crippen MR) is 102 cm³/mol. The minimum atomic E-state index is -0.341. The molecule has 6 nitrogen and oxygen atoms in total. The molecule has 0 radical (unpaired) electrons. The first-order valence-corrected chi connectivity index (χ1v) is 9.14. The summed E-state index contributed by atoms with van der Waals surface area (Å²) in [6, 6.07) is 8.65. The largest absolute Gasteiger partial charge is 0.497 e. The van der Waals surface area contributed by atoms with Gasteiger partial charge < -0.3 is 20.1 Å². The summed E-state index contributed by atoms with van der Waals surface area (Å²) in [6.07, 6.45) is 0.163. The van der Waals surface area contributed by atoms with E-state index in [0.29, 0.717) is 11.5 Å². The zero-order valence-electron chi connectivity index (χ0n) is 15.4. The number of carbonyl (C=O) groups is 2. The third kappa shape index (κ3) is 5.23. The van der Waals surface area contributed by atoms with Crippen molar-refractivity contribution in [1.29, 1.82) is 0 Å². The van der Waals surface area contributed by atoms with Crippen LogP contribution >= 0.6 is 11.3 Å². The molecule has 0 aliphatic heterocycles. The van der Waals surface area contributed by atoms with Crippen molar-refractivity contribution < 1.29 is 19.1 Å². The number of benzene rings is 1. The van der Waals surface area contributed by atoms with Crippen LogP contribution in [0.5, 0.6) is 11.5 Å². The van der Waals surface area contributed by atoms with Crippen LogP contribution in [0.25, 0.3) is 0 Å². The number of nitrogens with one attached hydrogen (secondary N) is 2. The lowest BCUT2D eigenvalue weighted by Gasteiger charge is -2.21. The number of methoxy groups -OCH3 is 2. The fraction of sp³-hybridized carbons (Fsp3) is 0.368. The van der Waals surface area contributed by atoms with Gasteiger partial charge in [0.15, 0.2) is 0 Å². The summed E-state index contributed by atoms with van der Waals surface area (Å²) in [7, 11) is 3.18. The highest BCUT2D eigenvalue weighted by Gasteiger charge is 2.21. The topological polar surface area (TPSA) is 76.7 Å². The van der Waals surface area contributed by atoms with Gasteiger partial charge >= 0.3 is 0 Å². The molecule has 2 rings (SSSR count). The maximum atomic E-state index is 12.5. The minimum absolute atomic E-state index is 0.158. The van der Waals surface area contributed by atoms with E-state index >= 15 is 0 Å². The first kappa shape index (κ1) is 19.8. The lowest BCUT2D eigenvalue weighted by atomic mass is 10.1. The number of hydrogen-bond acceptors (Lipinski definition) is 5. The molecule has 2 N–H and O–H groups in total. The molecular formula is C19H24N2O4S. The second-order valence-electron chi connectivity index (χ2n) is 5.87. The molecule has 0 aliphatic carbocycles. The maximum Gasteiger partial charge on any atom is 0.222 e. The van der Waals surface area contributed by atoms with Gasteiger partial charge in [-0.1, -0.05) is 6.07 Å². The van der Waals surface area contributed by atoms with Gasteiger partial charge in [-0.15, -0.1) is 11.3 Å². The van der Waals surface area contributed by atoms with Crippen LogP contribution in [0, 0.1) is 0 Å². The summed E-state index contributed by atoms with van der Waals surface area (Å²) >= 11 is 1.51. The second kappa shape index (κ2) is 9.24. The van der Waals surface area contributed by atoms with Gasteiger partial charge in [0.05, 0.1) is 32.7 Å². The first-order chi connectivity index (χ1) is 12.4. The molecule has 0 bridgehead atoms. The molecule has 0 unspecified atom stereocenters. The number of hydrogen-bond donors (Lipinski definition) is 2. The Balaban J connectivity index is 2.09. The van der Waals surface area contributed by atoms with E-state index in [1.807, 2.05) is 36.6 Å². The van der Waals surface area contributed by atoms with Crippen molar-refractivity contribution in [3.8, 4) is 11.5 Å². The molecule has 0 aliphatic rings. The number of ether oxygens (including phenoxy) is 2. The van der Waals surface area contributed by atoms with Gasteiger partial charge in [-0.25, -0.2) is 0 Å². The van der Waals surface area contributed by atoms with Crippen LogP contribution in [-0.2, 0) is 9.59 Å². The van der Waals surface area contributed by atoms with Crippen LogP contribution < -0.4 is 20.1 Å². The first-order valence-electron chi connectivity index (χ1n) is 8.26. The summed E-state index contributed by atoms with van der Waals surface area (Å²) < 4.78 is 10.6. The maximum absolute atomic E-state index is 12.5. The van der Waals surface area contributed by atoms with Crippen molar-refractivity contribution in [3.05, 3.63) is 46.2 Å². The lowest BCUT2D eigenvalue weighted by Crippen LogP contribution is -2.33. The molecule has 1 aromatic carbocycles. The molecule has 0 spiro atoms. The fourth-order valence-electron chi connectivity index (χ4n) is 2.70. The van der Waals surface area contributed by atoms with Crippen LogP contribution in [0.1, 0.15) is 42.8 Å². The van der Waals surface area contributed by atoms with Gasteiger partial charge in [-0.3, -0.25) is 9.59 Å². The summed E-state index contributed by atoms with van der Waals surface area (Å²) in [5, 5.41) is 7.72. The van der Waals surface area contributed by atoms with E-state index in [1.54, 1.807) is 20.3 Å². The average Bonchev–Trinajstić information content (AvgIpc) is 3.14. The van der Waals surface area contributed by atoms with Crippen molar-refractivity contribution in [1.82, 2.24) is 10.6 Å². The molecule has 0 saturated heterocycles. The number of rotatable bonds is 8. The summed E-state index contributed by atoms with van der Waals surface area (Å²) in [5.74, 6) is 1.04. The Bertz CT molecular complexity index is 746. The van der Waals surface area contributed by atoms with Gasteiger partial charge in [-0.05, 0) is 36.6 Å². The number of amides is 2. The van der Waals surface area contributed by atoms with Crippen LogP contribution in [-0.4, -0.2) is 26.0 Å².